The van der Waals surface area contributed by atoms with Crippen LogP contribution < -0.4 is 5.32 Å². The Morgan fingerprint density at radius 3 is 2.33 bits per heavy atom. The van der Waals surface area contributed by atoms with Gasteiger partial charge in [-0.05, 0) is 33.6 Å². The summed E-state index contributed by atoms with van der Waals surface area (Å²) in [5.41, 5.74) is -0.362. The van der Waals surface area contributed by atoms with E-state index < -0.39 is 0 Å². The first kappa shape index (κ1) is 15.9. The van der Waals surface area contributed by atoms with E-state index in [-0.39, 0.29) is 30.5 Å². The van der Waals surface area contributed by atoms with E-state index in [4.69, 9.17) is 9.47 Å². The first-order chi connectivity index (χ1) is 8.34. The lowest BCUT2D eigenvalue weighted by atomic mass is 10.0. The fourth-order valence-corrected chi connectivity index (χ4v) is 2.61. The fraction of sp³-hybridized carbons (Fsp3) is 1.00. The molecule has 0 aromatic heterocycles. The smallest absolute Gasteiger partial charge is 0.0671 e. The molecule has 0 aliphatic carbocycles. The van der Waals surface area contributed by atoms with E-state index in [1.165, 1.54) is 0 Å². The molecule has 3 atom stereocenters. The number of ether oxygens (including phenoxy) is 2. The Balaban J connectivity index is 2.42. The highest BCUT2D eigenvalue weighted by Gasteiger charge is 2.29. The summed E-state index contributed by atoms with van der Waals surface area (Å²) in [5, 5.41) is 12.9. The second-order valence-corrected chi connectivity index (χ2v) is 6.18. The Morgan fingerprint density at radius 2 is 1.89 bits per heavy atom. The van der Waals surface area contributed by atoms with E-state index in [2.05, 4.69) is 33.0 Å². The van der Waals surface area contributed by atoms with Crippen LogP contribution in [-0.4, -0.2) is 48.2 Å². The number of aliphatic hydroxyl groups is 1. The highest BCUT2D eigenvalue weighted by molar-refractivity contribution is 4.85. The van der Waals surface area contributed by atoms with Crippen LogP contribution in [0.3, 0.4) is 0 Å². The summed E-state index contributed by atoms with van der Waals surface area (Å²) in [6, 6.07) is 0.332. The van der Waals surface area contributed by atoms with Crippen molar-refractivity contribution in [3.63, 3.8) is 0 Å². The minimum atomic E-state index is -0.362. The van der Waals surface area contributed by atoms with Gasteiger partial charge in [-0.15, -0.1) is 0 Å². The SMILES string of the molecule is CC(C)NC(C)(CO)COC1CC(C)OC(C)C1. The summed E-state index contributed by atoms with van der Waals surface area (Å²) in [6.07, 6.45) is 2.64. The van der Waals surface area contributed by atoms with Crippen molar-refractivity contribution in [1.82, 2.24) is 5.32 Å². The van der Waals surface area contributed by atoms with Crippen LogP contribution in [0.4, 0.5) is 0 Å². The first-order valence-electron chi connectivity index (χ1n) is 7.00. The summed E-state index contributed by atoms with van der Waals surface area (Å²) in [6.45, 7) is 10.9. The van der Waals surface area contributed by atoms with Crippen LogP contribution in [0.25, 0.3) is 0 Å². The molecule has 108 valence electrons. The first-order valence-corrected chi connectivity index (χ1v) is 7.00. The average Bonchev–Trinajstić information content (AvgIpc) is 2.24. The zero-order chi connectivity index (χ0) is 13.8. The van der Waals surface area contributed by atoms with Gasteiger partial charge in [0.15, 0.2) is 0 Å². The van der Waals surface area contributed by atoms with Gasteiger partial charge in [-0.1, -0.05) is 13.8 Å². The number of hydrogen-bond donors (Lipinski definition) is 2. The Kier molecular flexibility index (Phi) is 6.05. The second-order valence-electron chi connectivity index (χ2n) is 6.18. The highest BCUT2D eigenvalue weighted by atomic mass is 16.5. The third kappa shape index (κ3) is 5.22. The standard InChI is InChI=1S/C14H29NO3/c1-10(2)15-14(5,8-16)9-17-13-6-11(3)18-12(4)7-13/h10-13,15-16H,6-9H2,1-5H3. The molecule has 18 heavy (non-hydrogen) atoms. The number of aliphatic hydroxyl groups excluding tert-OH is 1. The van der Waals surface area contributed by atoms with Crippen molar-refractivity contribution in [3.05, 3.63) is 0 Å². The van der Waals surface area contributed by atoms with Crippen LogP contribution in [0, 0.1) is 0 Å². The zero-order valence-electron chi connectivity index (χ0n) is 12.4. The van der Waals surface area contributed by atoms with E-state index in [1.807, 2.05) is 6.92 Å². The Labute approximate surface area is 111 Å². The van der Waals surface area contributed by atoms with E-state index >= 15 is 0 Å². The van der Waals surface area contributed by atoms with Gasteiger partial charge < -0.3 is 19.9 Å². The Hall–Kier alpha value is -0.160. The molecule has 1 rings (SSSR count). The van der Waals surface area contributed by atoms with Gasteiger partial charge in [-0.25, -0.2) is 0 Å². The quantitative estimate of drug-likeness (QED) is 0.762. The predicted octanol–water partition coefficient (Wildman–Crippen LogP) is 1.71. The minimum absolute atomic E-state index is 0.0828. The summed E-state index contributed by atoms with van der Waals surface area (Å²) in [7, 11) is 0. The summed E-state index contributed by atoms with van der Waals surface area (Å²) in [5.74, 6) is 0. The van der Waals surface area contributed by atoms with Crippen LogP contribution in [-0.2, 0) is 9.47 Å². The number of hydrogen-bond acceptors (Lipinski definition) is 4. The van der Waals surface area contributed by atoms with Crippen LogP contribution in [0.2, 0.25) is 0 Å². The molecular formula is C14H29NO3. The average molecular weight is 259 g/mol. The predicted molar refractivity (Wildman–Crippen MR) is 72.7 cm³/mol. The van der Waals surface area contributed by atoms with Gasteiger partial charge in [0.05, 0.1) is 37.1 Å². The van der Waals surface area contributed by atoms with Gasteiger partial charge in [0.1, 0.15) is 0 Å². The van der Waals surface area contributed by atoms with E-state index in [1.54, 1.807) is 0 Å². The molecule has 0 spiro atoms. The molecule has 3 unspecified atom stereocenters. The lowest BCUT2D eigenvalue weighted by molar-refractivity contribution is -0.112. The van der Waals surface area contributed by atoms with Crippen molar-refractivity contribution in [2.45, 2.75) is 77.4 Å². The summed E-state index contributed by atoms with van der Waals surface area (Å²) >= 11 is 0. The van der Waals surface area contributed by atoms with Gasteiger partial charge in [0, 0.05) is 6.04 Å². The monoisotopic (exact) mass is 259 g/mol. The molecule has 1 fully saturated rings. The molecule has 0 radical (unpaired) electrons. The molecule has 2 N–H and O–H groups in total. The van der Waals surface area contributed by atoms with Gasteiger partial charge in [0.25, 0.3) is 0 Å². The molecule has 0 aromatic carbocycles. The lowest BCUT2D eigenvalue weighted by Gasteiger charge is -2.36. The van der Waals surface area contributed by atoms with Crippen molar-refractivity contribution >= 4 is 0 Å². The molecule has 0 amide bonds. The largest absolute Gasteiger partial charge is 0.394 e. The molecule has 1 heterocycles. The van der Waals surface area contributed by atoms with Crippen LogP contribution in [0.5, 0.6) is 0 Å². The van der Waals surface area contributed by atoms with Crippen molar-refractivity contribution in [2.75, 3.05) is 13.2 Å². The number of rotatable bonds is 6. The van der Waals surface area contributed by atoms with Crippen molar-refractivity contribution in [1.29, 1.82) is 0 Å². The van der Waals surface area contributed by atoms with Gasteiger partial charge in [-0.2, -0.15) is 0 Å². The van der Waals surface area contributed by atoms with E-state index in [0.29, 0.717) is 12.6 Å². The maximum absolute atomic E-state index is 9.50. The maximum Gasteiger partial charge on any atom is 0.0671 e. The van der Waals surface area contributed by atoms with Gasteiger partial charge >= 0.3 is 0 Å². The van der Waals surface area contributed by atoms with Gasteiger partial charge in [-0.3, -0.25) is 0 Å². The normalized spacial score (nSPS) is 32.5. The van der Waals surface area contributed by atoms with Crippen LogP contribution in [0.1, 0.15) is 47.5 Å². The van der Waals surface area contributed by atoms with Crippen molar-refractivity contribution in [3.8, 4) is 0 Å². The lowest BCUT2D eigenvalue weighted by Crippen LogP contribution is -2.53. The number of nitrogens with one attached hydrogen (secondary N) is 1. The highest BCUT2D eigenvalue weighted by Crippen LogP contribution is 2.22. The summed E-state index contributed by atoms with van der Waals surface area (Å²) < 4.78 is 11.7. The molecule has 0 bridgehead atoms. The van der Waals surface area contributed by atoms with Crippen molar-refractivity contribution < 1.29 is 14.6 Å². The third-order valence-electron chi connectivity index (χ3n) is 3.28. The fourth-order valence-electron chi connectivity index (χ4n) is 2.61. The summed E-state index contributed by atoms with van der Waals surface area (Å²) in [4.78, 5) is 0. The second kappa shape index (κ2) is 6.85. The minimum Gasteiger partial charge on any atom is -0.394 e. The Morgan fingerprint density at radius 1 is 1.33 bits per heavy atom. The molecule has 4 nitrogen and oxygen atoms in total. The van der Waals surface area contributed by atoms with Crippen LogP contribution >= 0.6 is 0 Å². The molecule has 4 heteroatoms. The molecule has 1 aliphatic rings. The van der Waals surface area contributed by atoms with Crippen molar-refractivity contribution in [2.24, 2.45) is 0 Å². The molecular weight excluding hydrogens is 230 g/mol. The zero-order valence-corrected chi connectivity index (χ0v) is 12.4. The van der Waals surface area contributed by atoms with Crippen LogP contribution in [0.15, 0.2) is 0 Å². The van der Waals surface area contributed by atoms with E-state index in [0.717, 1.165) is 12.8 Å². The molecule has 0 saturated carbocycles. The molecule has 0 aromatic rings. The maximum atomic E-state index is 9.50. The third-order valence-corrected chi connectivity index (χ3v) is 3.28. The Bertz CT molecular complexity index is 237. The molecule has 1 aliphatic heterocycles. The van der Waals surface area contributed by atoms with E-state index in [9.17, 15) is 5.11 Å². The molecule has 1 saturated heterocycles. The van der Waals surface area contributed by atoms with Gasteiger partial charge in [0.2, 0.25) is 0 Å². The topological polar surface area (TPSA) is 50.7 Å².